The van der Waals surface area contributed by atoms with Crippen molar-refractivity contribution in [1.29, 1.82) is 5.26 Å². The molecule has 1 aromatic carbocycles. The van der Waals surface area contributed by atoms with Crippen LogP contribution in [0.15, 0.2) is 29.8 Å². The maximum atomic E-state index is 11.9. The first-order valence-electron chi connectivity index (χ1n) is 8.06. The molecule has 1 heterocycles. The van der Waals surface area contributed by atoms with E-state index >= 15 is 0 Å². The SMILES string of the molecule is COCCNC(=O)/C(C#N)=C/c1ccc(N2CCN(C)CC2)cc1. The van der Waals surface area contributed by atoms with E-state index in [1.165, 1.54) is 5.69 Å². The first-order chi connectivity index (χ1) is 11.6. The number of rotatable bonds is 6. The second-order valence-electron chi connectivity index (χ2n) is 5.80. The highest BCUT2D eigenvalue weighted by molar-refractivity contribution is 6.01. The molecule has 0 atom stereocenters. The normalized spacial score (nSPS) is 15.9. The first kappa shape index (κ1) is 18.0. The molecule has 0 unspecified atom stereocenters. The van der Waals surface area contributed by atoms with Crippen molar-refractivity contribution < 1.29 is 9.53 Å². The van der Waals surface area contributed by atoms with E-state index in [9.17, 15) is 10.1 Å². The second-order valence-corrected chi connectivity index (χ2v) is 5.80. The van der Waals surface area contributed by atoms with Gasteiger partial charge in [-0.15, -0.1) is 0 Å². The number of piperazine rings is 1. The summed E-state index contributed by atoms with van der Waals surface area (Å²) in [5, 5.41) is 11.8. The molecule has 6 nitrogen and oxygen atoms in total. The van der Waals surface area contributed by atoms with Gasteiger partial charge in [0, 0.05) is 45.5 Å². The Morgan fingerprint density at radius 3 is 2.54 bits per heavy atom. The molecule has 0 aliphatic carbocycles. The van der Waals surface area contributed by atoms with Crippen molar-refractivity contribution in [3.63, 3.8) is 0 Å². The summed E-state index contributed by atoms with van der Waals surface area (Å²) < 4.78 is 4.88. The topological polar surface area (TPSA) is 68.6 Å². The number of carbonyl (C=O) groups excluding carboxylic acids is 1. The van der Waals surface area contributed by atoms with Gasteiger partial charge in [-0.2, -0.15) is 5.26 Å². The van der Waals surface area contributed by atoms with Crippen molar-refractivity contribution in [3.05, 3.63) is 35.4 Å². The number of hydrogen-bond acceptors (Lipinski definition) is 5. The van der Waals surface area contributed by atoms with Gasteiger partial charge in [-0.25, -0.2) is 0 Å². The van der Waals surface area contributed by atoms with Gasteiger partial charge in [0.15, 0.2) is 0 Å². The summed E-state index contributed by atoms with van der Waals surface area (Å²) in [7, 11) is 3.70. The number of ether oxygens (including phenoxy) is 1. The van der Waals surface area contributed by atoms with Crippen molar-refractivity contribution in [3.8, 4) is 6.07 Å². The largest absolute Gasteiger partial charge is 0.383 e. The Balaban J connectivity index is 2.01. The highest BCUT2D eigenvalue weighted by Gasteiger charge is 2.14. The van der Waals surface area contributed by atoms with Crippen LogP contribution in [0.1, 0.15) is 5.56 Å². The third-order valence-electron chi connectivity index (χ3n) is 4.03. The Bertz CT molecular complexity index is 611. The Kier molecular flexibility index (Phi) is 6.79. The van der Waals surface area contributed by atoms with Crippen LogP contribution in [-0.2, 0) is 9.53 Å². The van der Waals surface area contributed by atoms with Crippen LogP contribution >= 0.6 is 0 Å². The zero-order chi connectivity index (χ0) is 17.4. The van der Waals surface area contributed by atoms with Gasteiger partial charge >= 0.3 is 0 Å². The van der Waals surface area contributed by atoms with Crippen molar-refractivity contribution >= 4 is 17.7 Å². The summed E-state index contributed by atoms with van der Waals surface area (Å²) >= 11 is 0. The van der Waals surface area contributed by atoms with E-state index in [1.54, 1.807) is 13.2 Å². The monoisotopic (exact) mass is 328 g/mol. The third-order valence-corrected chi connectivity index (χ3v) is 4.03. The molecule has 1 saturated heterocycles. The first-order valence-corrected chi connectivity index (χ1v) is 8.06. The van der Waals surface area contributed by atoms with Gasteiger partial charge in [-0.3, -0.25) is 4.79 Å². The van der Waals surface area contributed by atoms with Crippen LogP contribution in [-0.4, -0.2) is 64.3 Å². The van der Waals surface area contributed by atoms with Gasteiger partial charge in [-0.05, 0) is 30.8 Å². The minimum absolute atomic E-state index is 0.0958. The van der Waals surface area contributed by atoms with E-state index in [0.717, 1.165) is 31.7 Å². The smallest absolute Gasteiger partial charge is 0.262 e. The summed E-state index contributed by atoms with van der Waals surface area (Å²) in [6, 6.07) is 9.90. The number of anilines is 1. The van der Waals surface area contributed by atoms with Gasteiger partial charge in [-0.1, -0.05) is 12.1 Å². The fourth-order valence-electron chi connectivity index (χ4n) is 2.52. The number of methoxy groups -OCH3 is 1. The average Bonchev–Trinajstić information content (AvgIpc) is 2.61. The molecule has 1 aliphatic rings. The predicted molar refractivity (Wildman–Crippen MR) is 94.6 cm³/mol. The molecule has 1 fully saturated rings. The highest BCUT2D eigenvalue weighted by Crippen LogP contribution is 2.18. The third kappa shape index (κ3) is 5.08. The van der Waals surface area contributed by atoms with Gasteiger partial charge in [0.1, 0.15) is 11.6 Å². The molecule has 0 aromatic heterocycles. The number of carbonyl (C=O) groups is 1. The summed E-state index contributed by atoms with van der Waals surface area (Å²) in [6.07, 6.45) is 1.61. The molecular weight excluding hydrogens is 304 g/mol. The molecular formula is C18H24N4O2. The summed E-state index contributed by atoms with van der Waals surface area (Å²) in [4.78, 5) is 16.6. The molecule has 0 radical (unpaired) electrons. The zero-order valence-electron chi connectivity index (χ0n) is 14.3. The van der Waals surface area contributed by atoms with Crippen LogP contribution in [0.4, 0.5) is 5.69 Å². The predicted octanol–water partition coefficient (Wildman–Crippen LogP) is 1.11. The molecule has 0 spiro atoms. The molecule has 2 rings (SSSR count). The van der Waals surface area contributed by atoms with E-state index in [1.807, 2.05) is 30.3 Å². The minimum Gasteiger partial charge on any atom is -0.383 e. The summed E-state index contributed by atoms with van der Waals surface area (Å²) in [5.74, 6) is -0.377. The molecule has 0 bridgehead atoms. The fraction of sp³-hybridized carbons (Fsp3) is 0.444. The lowest BCUT2D eigenvalue weighted by molar-refractivity contribution is -0.117. The van der Waals surface area contributed by atoms with Gasteiger partial charge in [0.2, 0.25) is 0 Å². The van der Waals surface area contributed by atoms with Crippen molar-refractivity contribution in [1.82, 2.24) is 10.2 Å². The van der Waals surface area contributed by atoms with Gasteiger partial charge < -0.3 is 19.9 Å². The zero-order valence-corrected chi connectivity index (χ0v) is 14.3. The lowest BCUT2D eigenvalue weighted by Crippen LogP contribution is -2.44. The van der Waals surface area contributed by atoms with E-state index < -0.39 is 0 Å². The lowest BCUT2D eigenvalue weighted by atomic mass is 10.1. The van der Waals surface area contributed by atoms with Crippen LogP contribution in [0.25, 0.3) is 6.08 Å². The Morgan fingerprint density at radius 1 is 1.29 bits per heavy atom. The van der Waals surface area contributed by atoms with Crippen molar-refractivity contribution in [2.45, 2.75) is 0 Å². The number of amides is 1. The minimum atomic E-state index is -0.377. The second kappa shape index (κ2) is 9.06. The van der Waals surface area contributed by atoms with Crippen molar-refractivity contribution in [2.75, 3.05) is 58.4 Å². The molecule has 1 amide bonds. The van der Waals surface area contributed by atoms with Crippen LogP contribution in [0.3, 0.4) is 0 Å². The fourth-order valence-corrected chi connectivity index (χ4v) is 2.52. The summed E-state index contributed by atoms with van der Waals surface area (Å²) in [5.41, 5.74) is 2.10. The van der Waals surface area contributed by atoms with E-state index in [-0.39, 0.29) is 11.5 Å². The average molecular weight is 328 g/mol. The number of nitriles is 1. The maximum absolute atomic E-state index is 11.9. The van der Waals surface area contributed by atoms with Crippen molar-refractivity contribution in [2.24, 2.45) is 0 Å². The number of benzene rings is 1. The van der Waals surface area contributed by atoms with Crippen LogP contribution in [0, 0.1) is 11.3 Å². The van der Waals surface area contributed by atoms with E-state index in [0.29, 0.717) is 13.2 Å². The Morgan fingerprint density at radius 2 is 1.96 bits per heavy atom. The van der Waals surface area contributed by atoms with Crippen LogP contribution in [0.2, 0.25) is 0 Å². The molecule has 1 N–H and O–H groups in total. The molecule has 24 heavy (non-hydrogen) atoms. The molecule has 128 valence electrons. The number of likely N-dealkylation sites (N-methyl/N-ethyl adjacent to an activating group) is 1. The maximum Gasteiger partial charge on any atom is 0.262 e. The Hall–Kier alpha value is -2.36. The molecule has 1 aromatic rings. The van der Waals surface area contributed by atoms with E-state index in [4.69, 9.17) is 4.74 Å². The van der Waals surface area contributed by atoms with Crippen LogP contribution < -0.4 is 10.2 Å². The number of nitrogens with zero attached hydrogens (tertiary/aromatic N) is 3. The molecule has 1 aliphatic heterocycles. The Labute approximate surface area is 143 Å². The van der Waals surface area contributed by atoms with Crippen LogP contribution in [0.5, 0.6) is 0 Å². The van der Waals surface area contributed by atoms with Gasteiger partial charge in [0.05, 0.1) is 6.61 Å². The van der Waals surface area contributed by atoms with E-state index in [2.05, 4.69) is 22.2 Å². The highest BCUT2D eigenvalue weighted by atomic mass is 16.5. The van der Waals surface area contributed by atoms with Gasteiger partial charge in [0.25, 0.3) is 5.91 Å². The quantitative estimate of drug-likeness (QED) is 0.481. The lowest BCUT2D eigenvalue weighted by Gasteiger charge is -2.34. The molecule has 0 saturated carbocycles. The number of hydrogen-bond donors (Lipinski definition) is 1. The standard InChI is InChI=1S/C18H24N4O2/c1-21-8-10-22(11-9-21)17-5-3-15(4-6-17)13-16(14-19)18(23)20-7-12-24-2/h3-6,13H,7-12H2,1-2H3,(H,20,23)/b16-13+. The molecule has 6 heteroatoms. The number of nitrogens with one attached hydrogen (secondary N) is 1. The summed E-state index contributed by atoms with van der Waals surface area (Å²) in [6.45, 7) is 4.94.